The molecule has 0 saturated heterocycles. The van der Waals surface area contributed by atoms with Gasteiger partial charge in [-0.05, 0) is 87.4 Å². The van der Waals surface area contributed by atoms with Crippen molar-refractivity contribution in [3.8, 4) is 0 Å². The highest BCUT2D eigenvalue weighted by Gasteiger charge is 2.64. The number of rotatable bonds is 1. The van der Waals surface area contributed by atoms with Crippen LogP contribution in [0.2, 0.25) is 0 Å². The van der Waals surface area contributed by atoms with Gasteiger partial charge >= 0.3 is 5.97 Å². The Morgan fingerprint density at radius 1 is 1.14 bits per heavy atom. The zero-order valence-corrected chi connectivity index (χ0v) is 14.3. The van der Waals surface area contributed by atoms with E-state index in [2.05, 4.69) is 19.9 Å². The molecule has 2 nitrogen and oxygen atoms in total. The number of hydrogen-bond acceptors (Lipinski definition) is 1. The first-order valence-corrected chi connectivity index (χ1v) is 9.25. The zero-order valence-electron chi connectivity index (χ0n) is 14.3. The smallest absolute Gasteiger partial charge is 0.309 e. The summed E-state index contributed by atoms with van der Waals surface area (Å²) in [7, 11) is 0. The van der Waals surface area contributed by atoms with Crippen LogP contribution in [0.15, 0.2) is 11.6 Å². The molecule has 6 atom stereocenters. The van der Waals surface area contributed by atoms with Crippen molar-refractivity contribution in [3.05, 3.63) is 11.6 Å². The number of hydrogen-bond donors (Lipinski definition) is 1. The van der Waals surface area contributed by atoms with Gasteiger partial charge in [0.1, 0.15) is 0 Å². The van der Waals surface area contributed by atoms with Gasteiger partial charge < -0.3 is 5.11 Å². The van der Waals surface area contributed by atoms with Gasteiger partial charge in [-0.2, -0.15) is 0 Å². The van der Waals surface area contributed by atoms with E-state index < -0.39 is 11.4 Å². The second-order valence-electron chi connectivity index (χ2n) is 9.33. The van der Waals surface area contributed by atoms with Crippen LogP contribution in [0.5, 0.6) is 0 Å². The molecule has 1 spiro atoms. The predicted octanol–water partition coefficient (Wildman–Crippen LogP) is 5.04. The molecular formula is C20H30O2. The summed E-state index contributed by atoms with van der Waals surface area (Å²) in [6.07, 6.45) is 12.2. The predicted molar refractivity (Wildman–Crippen MR) is 87.4 cm³/mol. The lowest BCUT2D eigenvalue weighted by atomic mass is 9.41. The Kier molecular flexibility index (Phi) is 2.95. The van der Waals surface area contributed by atoms with Gasteiger partial charge in [-0.3, -0.25) is 4.79 Å². The molecule has 0 aromatic carbocycles. The Balaban J connectivity index is 1.77. The minimum atomic E-state index is -0.550. The summed E-state index contributed by atoms with van der Waals surface area (Å²) in [4.78, 5) is 12.0. The highest BCUT2D eigenvalue weighted by molar-refractivity contribution is 5.75. The average Bonchev–Trinajstić information content (AvgIpc) is 2.68. The van der Waals surface area contributed by atoms with Crippen molar-refractivity contribution < 1.29 is 9.90 Å². The molecule has 0 heterocycles. The molecule has 0 unspecified atom stereocenters. The number of carbonyl (C=O) groups is 1. The van der Waals surface area contributed by atoms with Crippen LogP contribution in [0.3, 0.4) is 0 Å². The van der Waals surface area contributed by atoms with Gasteiger partial charge in [-0.15, -0.1) is 0 Å². The van der Waals surface area contributed by atoms with Crippen molar-refractivity contribution >= 4 is 5.97 Å². The maximum atomic E-state index is 12.0. The van der Waals surface area contributed by atoms with Gasteiger partial charge in [0.05, 0.1) is 5.41 Å². The Bertz CT molecular complexity index is 550. The number of allylic oxidation sites excluding steroid dienone is 2. The van der Waals surface area contributed by atoms with Gasteiger partial charge in [0.15, 0.2) is 0 Å². The second-order valence-corrected chi connectivity index (χ2v) is 9.33. The fourth-order valence-corrected chi connectivity index (χ4v) is 7.46. The van der Waals surface area contributed by atoms with Crippen LogP contribution in [-0.4, -0.2) is 11.1 Å². The maximum Gasteiger partial charge on any atom is 0.309 e. The van der Waals surface area contributed by atoms with Gasteiger partial charge in [0, 0.05) is 0 Å². The first kappa shape index (κ1) is 14.8. The van der Waals surface area contributed by atoms with E-state index in [0.29, 0.717) is 17.3 Å². The highest BCUT2D eigenvalue weighted by atomic mass is 16.4. The van der Waals surface area contributed by atoms with Crippen LogP contribution in [0.1, 0.15) is 72.1 Å². The van der Waals surface area contributed by atoms with E-state index in [4.69, 9.17) is 0 Å². The van der Waals surface area contributed by atoms with Crippen molar-refractivity contribution in [1.82, 2.24) is 0 Å². The molecule has 0 aromatic rings. The molecule has 1 N–H and O–H groups in total. The van der Waals surface area contributed by atoms with Gasteiger partial charge in [-0.25, -0.2) is 0 Å². The first-order chi connectivity index (χ1) is 10.3. The van der Waals surface area contributed by atoms with Gasteiger partial charge in [-0.1, -0.05) is 25.0 Å². The summed E-state index contributed by atoms with van der Waals surface area (Å²) in [6.45, 7) is 6.82. The van der Waals surface area contributed by atoms with E-state index in [1.54, 1.807) is 5.57 Å². The zero-order chi connectivity index (χ0) is 15.8. The molecule has 0 aromatic heterocycles. The summed E-state index contributed by atoms with van der Waals surface area (Å²) >= 11 is 0. The third kappa shape index (κ3) is 1.65. The van der Waals surface area contributed by atoms with E-state index in [0.717, 1.165) is 25.2 Å². The quantitative estimate of drug-likeness (QED) is 0.689. The van der Waals surface area contributed by atoms with Crippen LogP contribution in [-0.2, 0) is 4.79 Å². The van der Waals surface area contributed by atoms with Crippen molar-refractivity contribution in [2.45, 2.75) is 72.1 Å². The average molecular weight is 302 g/mol. The van der Waals surface area contributed by atoms with Gasteiger partial charge in [0.2, 0.25) is 0 Å². The number of fused-ring (bicyclic) bond motifs is 3. The number of carboxylic acids is 1. The van der Waals surface area contributed by atoms with E-state index in [-0.39, 0.29) is 5.41 Å². The molecule has 2 bridgehead atoms. The molecule has 22 heavy (non-hydrogen) atoms. The molecular weight excluding hydrogens is 272 g/mol. The monoisotopic (exact) mass is 302 g/mol. The molecule has 0 radical (unpaired) electrons. The second kappa shape index (κ2) is 4.39. The summed E-state index contributed by atoms with van der Waals surface area (Å²) in [5.74, 6) is 1.36. The minimum absolute atomic E-state index is 0.232. The molecule has 3 fully saturated rings. The summed E-state index contributed by atoms with van der Waals surface area (Å²) in [5.41, 5.74) is 1.77. The first-order valence-electron chi connectivity index (χ1n) is 9.25. The normalized spacial score (nSPS) is 53.4. The topological polar surface area (TPSA) is 37.3 Å². The fourth-order valence-electron chi connectivity index (χ4n) is 7.46. The van der Waals surface area contributed by atoms with E-state index >= 15 is 0 Å². The van der Waals surface area contributed by atoms with Crippen LogP contribution in [0.25, 0.3) is 0 Å². The Morgan fingerprint density at radius 3 is 2.64 bits per heavy atom. The SMILES string of the molecule is CC1=C[C@@]23CC[C@H]4[C@@](C)(CCC[C@]4(C)C(=O)O)[C@@H]2CC[C@@H]1C3. The third-order valence-electron chi connectivity index (χ3n) is 8.44. The summed E-state index contributed by atoms with van der Waals surface area (Å²) < 4.78 is 0. The van der Waals surface area contributed by atoms with Gasteiger partial charge in [0.25, 0.3) is 0 Å². The minimum Gasteiger partial charge on any atom is -0.481 e. The van der Waals surface area contributed by atoms with E-state index in [1.165, 1.54) is 32.1 Å². The molecule has 0 amide bonds. The third-order valence-corrected chi connectivity index (χ3v) is 8.44. The van der Waals surface area contributed by atoms with Crippen LogP contribution < -0.4 is 0 Å². The molecule has 4 aliphatic carbocycles. The molecule has 0 aliphatic heterocycles. The highest BCUT2D eigenvalue weighted by Crippen LogP contribution is 2.70. The Hall–Kier alpha value is -0.790. The largest absolute Gasteiger partial charge is 0.481 e. The maximum absolute atomic E-state index is 12.0. The Labute approximate surface area is 134 Å². The van der Waals surface area contributed by atoms with Crippen LogP contribution in [0.4, 0.5) is 0 Å². The fraction of sp³-hybridized carbons (Fsp3) is 0.850. The van der Waals surface area contributed by atoms with Crippen molar-refractivity contribution in [2.24, 2.45) is 34.0 Å². The van der Waals surface area contributed by atoms with E-state index in [1.807, 2.05) is 6.92 Å². The molecule has 4 aliphatic rings. The number of carboxylic acid groups (broad SMARTS) is 1. The van der Waals surface area contributed by atoms with Crippen molar-refractivity contribution in [3.63, 3.8) is 0 Å². The summed E-state index contributed by atoms with van der Waals surface area (Å²) in [6, 6.07) is 0. The van der Waals surface area contributed by atoms with Crippen molar-refractivity contribution in [1.29, 1.82) is 0 Å². The van der Waals surface area contributed by atoms with E-state index in [9.17, 15) is 9.90 Å². The molecule has 2 heteroatoms. The Morgan fingerprint density at radius 2 is 1.91 bits per heavy atom. The lowest BCUT2D eigenvalue weighted by molar-refractivity contribution is -0.177. The molecule has 122 valence electrons. The lowest BCUT2D eigenvalue weighted by Gasteiger charge is -2.63. The molecule has 3 saturated carbocycles. The van der Waals surface area contributed by atoms with Crippen molar-refractivity contribution in [2.75, 3.05) is 0 Å². The van der Waals surface area contributed by atoms with Crippen LogP contribution >= 0.6 is 0 Å². The lowest BCUT2D eigenvalue weighted by Crippen LogP contribution is -2.58. The summed E-state index contributed by atoms with van der Waals surface area (Å²) in [5, 5.41) is 9.91. The molecule has 4 rings (SSSR count). The standard InChI is InChI=1S/C20H30O2/c1-13-11-20-10-7-15-18(2,16(20)6-5-14(13)12-20)8-4-9-19(15,3)17(21)22/h11,14-16H,4-10,12H2,1-3H3,(H,21,22)/t14-,15+,16+,18-,19+,20-/m1/s1. The number of aliphatic carboxylic acids is 1. The van der Waals surface area contributed by atoms with Crippen LogP contribution in [0, 0.1) is 34.0 Å².